The highest BCUT2D eigenvalue weighted by atomic mass is 32.1. The van der Waals surface area contributed by atoms with Crippen LogP contribution >= 0.6 is 11.3 Å². The van der Waals surface area contributed by atoms with E-state index in [0.29, 0.717) is 6.04 Å². The van der Waals surface area contributed by atoms with Gasteiger partial charge in [-0.3, -0.25) is 0 Å². The average molecular weight is 294 g/mol. The Morgan fingerprint density at radius 3 is 2.60 bits per heavy atom. The summed E-state index contributed by atoms with van der Waals surface area (Å²) in [6, 6.07) is 5.35. The molecule has 0 amide bonds. The SMILES string of the molecule is CCCNC(CCC1CCCC1)Cc1ccc(CC)s1. The molecule has 1 atom stereocenters. The highest BCUT2D eigenvalue weighted by Gasteiger charge is 2.17. The first-order valence-electron chi connectivity index (χ1n) is 8.62. The van der Waals surface area contributed by atoms with Gasteiger partial charge < -0.3 is 5.32 Å². The lowest BCUT2D eigenvalue weighted by Crippen LogP contribution is -2.32. The first-order chi connectivity index (χ1) is 9.81. The van der Waals surface area contributed by atoms with Crippen LogP contribution in [0, 0.1) is 5.92 Å². The summed E-state index contributed by atoms with van der Waals surface area (Å²) in [6.45, 7) is 5.69. The van der Waals surface area contributed by atoms with Crippen LogP contribution in [-0.4, -0.2) is 12.6 Å². The van der Waals surface area contributed by atoms with Crippen molar-refractivity contribution in [1.29, 1.82) is 0 Å². The molecule has 0 spiro atoms. The van der Waals surface area contributed by atoms with Gasteiger partial charge in [0.25, 0.3) is 0 Å². The van der Waals surface area contributed by atoms with Gasteiger partial charge >= 0.3 is 0 Å². The van der Waals surface area contributed by atoms with Gasteiger partial charge in [0, 0.05) is 15.8 Å². The Labute approximate surface area is 129 Å². The van der Waals surface area contributed by atoms with Crippen molar-refractivity contribution in [2.24, 2.45) is 5.92 Å². The normalized spacial score (nSPS) is 17.7. The molecule has 2 heteroatoms. The lowest BCUT2D eigenvalue weighted by Gasteiger charge is -2.20. The van der Waals surface area contributed by atoms with Crippen molar-refractivity contribution >= 4 is 11.3 Å². The molecular weight excluding hydrogens is 262 g/mol. The fraction of sp³-hybridized carbons (Fsp3) is 0.778. The zero-order valence-corrected chi connectivity index (χ0v) is 14.1. The van der Waals surface area contributed by atoms with Crippen molar-refractivity contribution in [1.82, 2.24) is 5.32 Å². The predicted octanol–water partition coefficient (Wildman–Crippen LogP) is 5.19. The molecule has 1 aromatic rings. The standard InChI is InChI=1S/C18H31NS/c1-3-13-19-16(10-9-15-7-5-6-8-15)14-18-12-11-17(4-2)20-18/h11-12,15-16,19H,3-10,13-14H2,1-2H3. The maximum Gasteiger partial charge on any atom is 0.0115 e. The van der Waals surface area contributed by atoms with Crippen LogP contribution in [0.1, 0.15) is 68.5 Å². The van der Waals surface area contributed by atoms with Crippen LogP contribution in [0.3, 0.4) is 0 Å². The van der Waals surface area contributed by atoms with Gasteiger partial charge in [-0.2, -0.15) is 0 Å². The maximum atomic E-state index is 3.78. The second-order valence-corrected chi connectivity index (χ2v) is 7.56. The zero-order chi connectivity index (χ0) is 14.2. The van der Waals surface area contributed by atoms with Gasteiger partial charge in [-0.25, -0.2) is 0 Å². The Balaban J connectivity index is 1.81. The zero-order valence-electron chi connectivity index (χ0n) is 13.3. The molecule has 0 radical (unpaired) electrons. The molecule has 1 heterocycles. The number of aryl methyl sites for hydroxylation is 1. The first-order valence-corrected chi connectivity index (χ1v) is 9.44. The molecule has 1 saturated carbocycles. The molecule has 0 bridgehead atoms. The summed E-state index contributed by atoms with van der Waals surface area (Å²) in [5, 5.41) is 3.78. The van der Waals surface area contributed by atoms with Crippen LogP contribution in [0.25, 0.3) is 0 Å². The van der Waals surface area contributed by atoms with E-state index < -0.39 is 0 Å². The predicted molar refractivity (Wildman–Crippen MR) is 90.7 cm³/mol. The topological polar surface area (TPSA) is 12.0 Å². The lowest BCUT2D eigenvalue weighted by molar-refractivity contribution is 0.403. The average Bonchev–Trinajstić information content (AvgIpc) is 3.13. The van der Waals surface area contributed by atoms with Crippen LogP contribution in [0.15, 0.2) is 12.1 Å². The molecule has 1 aliphatic rings. The van der Waals surface area contributed by atoms with Crippen molar-refractivity contribution in [3.05, 3.63) is 21.9 Å². The van der Waals surface area contributed by atoms with Crippen LogP contribution in [0.2, 0.25) is 0 Å². The van der Waals surface area contributed by atoms with Crippen molar-refractivity contribution < 1.29 is 0 Å². The third kappa shape index (κ3) is 5.21. The molecule has 20 heavy (non-hydrogen) atoms. The van der Waals surface area contributed by atoms with Crippen LogP contribution < -0.4 is 5.32 Å². The Morgan fingerprint density at radius 1 is 1.20 bits per heavy atom. The molecule has 1 unspecified atom stereocenters. The highest BCUT2D eigenvalue weighted by Crippen LogP contribution is 2.29. The molecule has 1 fully saturated rings. The molecule has 0 aromatic carbocycles. The van der Waals surface area contributed by atoms with Crippen molar-refractivity contribution in [3.8, 4) is 0 Å². The molecular formula is C18H31NS. The van der Waals surface area contributed by atoms with Crippen molar-refractivity contribution in [2.75, 3.05) is 6.54 Å². The summed E-state index contributed by atoms with van der Waals surface area (Å²) < 4.78 is 0. The minimum absolute atomic E-state index is 0.693. The summed E-state index contributed by atoms with van der Waals surface area (Å²) >= 11 is 2.01. The van der Waals surface area contributed by atoms with Crippen molar-refractivity contribution in [2.45, 2.75) is 77.7 Å². The van der Waals surface area contributed by atoms with Gasteiger partial charge in [0.15, 0.2) is 0 Å². The maximum absolute atomic E-state index is 3.78. The van der Waals surface area contributed by atoms with Gasteiger partial charge in [-0.15, -0.1) is 11.3 Å². The molecule has 0 aliphatic heterocycles. The summed E-state index contributed by atoms with van der Waals surface area (Å²) in [7, 11) is 0. The first kappa shape index (κ1) is 16.0. The molecule has 2 rings (SSSR count). The second kappa shape index (κ2) is 8.84. The molecule has 1 aromatic heterocycles. The van der Waals surface area contributed by atoms with Gasteiger partial charge in [-0.05, 0) is 56.7 Å². The quantitative estimate of drug-likeness (QED) is 0.660. The van der Waals surface area contributed by atoms with E-state index in [1.807, 2.05) is 11.3 Å². The van der Waals surface area contributed by atoms with Gasteiger partial charge in [0.2, 0.25) is 0 Å². The van der Waals surface area contributed by atoms with Gasteiger partial charge in [0.05, 0.1) is 0 Å². The molecule has 114 valence electrons. The minimum Gasteiger partial charge on any atom is -0.314 e. The van der Waals surface area contributed by atoms with Gasteiger partial charge in [-0.1, -0.05) is 39.5 Å². The number of hydrogen-bond donors (Lipinski definition) is 1. The van der Waals surface area contributed by atoms with Crippen LogP contribution in [-0.2, 0) is 12.8 Å². The van der Waals surface area contributed by atoms with E-state index in [4.69, 9.17) is 0 Å². The monoisotopic (exact) mass is 293 g/mol. The van der Waals surface area contributed by atoms with Gasteiger partial charge in [0.1, 0.15) is 0 Å². The third-order valence-corrected chi connectivity index (χ3v) is 5.85. The van der Waals surface area contributed by atoms with Crippen molar-refractivity contribution in [3.63, 3.8) is 0 Å². The summed E-state index contributed by atoms with van der Waals surface area (Å²) in [5.74, 6) is 1.02. The smallest absolute Gasteiger partial charge is 0.0115 e. The van der Waals surface area contributed by atoms with E-state index in [0.717, 1.165) is 5.92 Å². The van der Waals surface area contributed by atoms with E-state index >= 15 is 0 Å². The largest absolute Gasteiger partial charge is 0.314 e. The lowest BCUT2D eigenvalue weighted by atomic mass is 9.96. The van der Waals surface area contributed by atoms with E-state index in [2.05, 4.69) is 31.3 Å². The molecule has 1 N–H and O–H groups in total. The Hall–Kier alpha value is -0.340. The Kier molecular flexibility index (Phi) is 7.09. The number of rotatable bonds is 9. The van der Waals surface area contributed by atoms with E-state index in [1.165, 1.54) is 69.2 Å². The fourth-order valence-corrected chi connectivity index (χ4v) is 4.36. The minimum atomic E-state index is 0.693. The fourth-order valence-electron chi connectivity index (χ4n) is 3.33. The summed E-state index contributed by atoms with van der Waals surface area (Å²) in [5.41, 5.74) is 0. The Bertz CT molecular complexity index is 365. The van der Waals surface area contributed by atoms with Crippen LogP contribution in [0.5, 0.6) is 0 Å². The molecule has 1 nitrogen and oxygen atoms in total. The second-order valence-electron chi connectivity index (χ2n) is 6.30. The van der Waals surface area contributed by atoms with E-state index in [1.54, 1.807) is 4.88 Å². The summed E-state index contributed by atoms with van der Waals surface area (Å²) in [6.07, 6.45) is 12.4. The highest BCUT2D eigenvalue weighted by molar-refractivity contribution is 7.11. The number of nitrogens with one attached hydrogen (secondary N) is 1. The van der Waals surface area contributed by atoms with E-state index in [9.17, 15) is 0 Å². The third-order valence-electron chi connectivity index (χ3n) is 4.59. The molecule has 0 saturated heterocycles. The summed E-state index contributed by atoms with van der Waals surface area (Å²) in [4.78, 5) is 3.10. The number of hydrogen-bond acceptors (Lipinski definition) is 2. The molecule has 1 aliphatic carbocycles. The van der Waals surface area contributed by atoms with E-state index in [-0.39, 0.29) is 0 Å². The Morgan fingerprint density at radius 2 is 1.95 bits per heavy atom. The number of thiophene rings is 1. The van der Waals surface area contributed by atoms with Crippen LogP contribution in [0.4, 0.5) is 0 Å².